The van der Waals surface area contributed by atoms with E-state index in [2.05, 4.69) is 5.32 Å². The van der Waals surface area contributed by atoms with E-state index in [1.807, 2.05) is 5.32 Å². The molecule has 2 rings (SSSR count). The van der Waals surface area contributed by atoms with Gasteiger partial charge in [0, 0.05) is 14.1 Å². The van der Waals surface area contributed by atoms with Gasteiger partial charge in [-0.2, -0.15) is 0 Å². The van der Waals surface area contributed by atoms with Crippen LogP contribution in [0, 0.1) is 0 Å². The quantitative estimate of drug-likeness (QED) is 0.695. The highest BCUT2D eigenvalue weighted by atomic mass is 32.2. The van der Waals surface area contributed by atoms with Crippen molar-refractivity contribution in [3.8, 4) is 0 Å². The lowest BCUT2D eigenvalue weighted by molar-refractivity contribution is -0.123. The number of sulfonamides is 1. The first-order chi connectivity index (χ1) is 13.3. The number of nitrogens with one attached hydrogen (secondary N) is 2. The number of anilines is 1. The van der Waals surface area contributed by atoms with Crippen LogP contribution in [-0.2, 0) is 19.6 Å². The molecule has 0 aromatic heterocycles. The number of carbonyl (C=O) groups is 3. The number of imide groups is 1. The van der Waals surface area contributed by atoms with E-state index < -0.39 is 34.5 Å². The SMILES string of the molecule is CNC(=O)NC(=O)COC(=O)c1cccc(S(=O)(=O)N(C)c2ccccc2)c1. The third kappa shape index (κ3) is 5.07. The molecule has 2 N–H and O–H groups in total. The van der Waals surface area contributed by atoms with Crippen molar-refractivity contribution in [1.82, 2.24) is 10.6 Å². The average molecular weight is 405 g/mol. The molecule has 9 nitrogen and oxygen atoms in total. The van der Waals surface area contributed by atoms with E-state index >= 15 is 0 Å². The maximum Gasteiger partial charge on any atom is 0.338 e. The van der Waals surface area contributed by atoms with Crippen LogP contribution in [0.15, 0.2) is 59.5 Å². The number of nitrogens with zero attached hydrogens (tertiary/aromatic N) is 1. The molecule has 0 fully saturated rings. The Balaban J connectivity index is 2.13. The molecule has 0 aliphatic rings. The van der Waals surface area contributed by atoms with Crippen molar-refractivity contribution in [3.05, 3.63) is 60.2 Å². The van der Waals surface area contributed by atoms with Crippen molar-refractivity contribution < 1.29 is 27.5 Å². The van der Waals surface area contributed by atoms with Crippen LogP contribution in [-0.4, -0.2) is 47.0 Å². The number of hydrogen-bond acceptors (Lipinski definition) is 6. The van der Waals surface area contributed by atoms with Gasteiger partial charge in [-0.1, -0.05) is 24.3 Å². The molecule has 3 amide bonds. The number of benzene rings is 2. The zero-order valence-electron chi connectivity index (χ0n) is 15.2. The van der Waals surface area contributed by atoms with E-state index in [9.17, 15) is 22.8 Å². The maximum atomic E-state index is 12.8. The Morgan fingerprint density at radius 2 is 1.71 bits per heavy atom. The first kappa shape index (κ1) is 20.9. The number of para-hydroxylation sites is 1. The van der Waals surface area contributed by atoms with Gasteiger partial charge in [-0.05, 0) is 30.3 Å². The molecule has 2 aromatic rings. The van der Waals surface area contributed by atoms with Gasteiger partial charge in [0.05, 0.1) is 16.1 Å². The van der Waals surface area contributed by atoms with Crippen molar-refractivity contribution in [2.75, 3.05) is 25.0 Å². The first-order valence-corrected chi connectivity index (χ1v) is 9.52. The average Bonchev–Trinajstić information content (AvgIpc) is 2.72. The molecular formula is C18H19N3O6S. The minimum atomic E-state index is -3.91. The van der Waals surface area contributed by atoms with E-state index in [-0.39, 0.29) is 10.5 Å². The Bertz CT molecular complexity index is 976. The van der Waals surface area contributed by atoms with Gasteiger partial charge in [0.15, 0.2) is 6.61 Å². The fourth-order valence-corrected chi connectivity index (χ4v) is 3.40. The van der Waals surface area contributed by atoms with E-state index in [1.54, 1.807) is 30.3 Å². The van der Waals surface area contributed by atoms with Gasteiger partial charge < -0.3 is 10.1 Å². The summed E-state index contributed by atoms with van der Waals surface area (Å²) < 4.78 is 31.5. The molecular weight excluding hydrogens is 386 g/mol. The molecule has 28 heavy (non-hydrogen) atoms. The van der Waals surface area contributed by atoms with Gasteiger partial charge in [0.25, 0.3) is 15.9 Å². The van der Waals surface area contributed by atoms with E-state index in [0.717, 1.165) is 10.4 Å². The van der Waals surface area contributed by atoms with Crippen LogP contribution in [0.5, 0.6) is 0 Å². The predicted molar refractivity (Wildman–Crippen MR) is 101 cm³/mol. The molecule has 0 radical (unpaired) electrons. The second-order valence-electron chi connectivity index (χ2n) is 5.54. The summed E-state index contributed by atoms with van der Waals surface area (Å²) in [5.74, 6) is -1.72. The lowest BCUT2D eigenvalue weighted by atomic mass is 10.2. The molecule has 148 valence electrons. The summed E-state index contributed by atoms with van der Waals surface area (Å²) in [5, 5.41) is 4.12. The predicted octanol–water partition coefficient (Wildman–Crippen LogP) is 1.12. The number of hydrogen-bond donors (Lipinski definition) is 2. The molecule has 10 heteroatoms. The summed E-state index contributed by atoms with van der Waals surface area (Å²) >= 11 is 0. The van der Waals surface area contributed by atoms with Crippen LogP contribution in [0.1, 0.15) is 10.4 Å². The van der Waals surface area contributed by atoms with Crippen LogP contribution in [0.4, 0.5) is 10.5 Å². The Morgan fingerprint density at radius 3 is 2.36 bits per heavy atom. The van der Waals surface area contributed by atoms with Gasteiger partial charge in [-0.3, -0.25) is 14.4 Å². The Morgan fingerprint density at radius 1 is 1.04 bits per heavy atom. The summed E-state index contributed by atoms with van der Waals surface area (Å²) in [7, 11) is -1.18. The van der Waals surface area contributed by atoms with Gasteiger partial charge >= 0.3 is 12.0 Å². The summed E-state index contributed by atoms with van der Waals surface area (Å²) in [6, 6.07) is 13.0. The van der Waals surface area contributed by atoms with Gasteiger partial charge in [-0.15, -0.1) is 0 Å². The number of ether oxygens (including phenoxy) is 1. The highest BCUT2D eigenvalue weighted by Gasteiger charge is 2.23. The Hall–Kier alpha value is -3.40. The molecule has 0 saturated heterocycles. The lowest BCUT2D eigenvalue weighted by Crippen LogP contribution is -2.39. The van der Waals surface area contributed by atoms with Crippen molar-refractivity contribution in [2.24, 2.45) is 0 Å². The third-order valence-electron chi connectivity index (χ3n) is 3.66. The highest BCUT2D eigenvalue weighted by molar-refractivity contribution is 7.92. The molecule has 0 aliphatic carbocycles. The van der Waals surface area contributed by atoms with E-state index in [1.165, 1.54) is 32.3 Å². The standard InChI is InChI=1S/C18H19N3O6S/c1-19-18(24)20-16(22)12-27-17(23)13-7-6-10-15(11-13)28(25,26)21(2)14-8-4-3-5-9-14/h3-11H,12H2,1-2H3,(H2,19,20,22,24). The highest BCUT2D eigenvalue weighted by Crippen LogP contribution is 2.22. The fourth-order valence-electron chi connectivity index (χ4n) is 2.16. The van der Waals surface area contributed by atoms with Gasteiger partial charge in [-0.25, -0.2) is 18.0 Å². The zero-order chi connectivity index (χ0) is 20.7. The topological polar surface area (TPSA) is 122 Å². The second-order valence-corrected chi connectivity index (χ2v) is 7.51. The Labute approximate surface area is 162 Å². The van der Waals surface area contributed by atoms with Crippen molar-refractivity contribution in [1.29, 1.82) is 0 Å². The molecule has 2 aromatic carbocycles. The van der Waals surface area contributed by atoms with Crippen LogP contribution in [0.2, 0.25) is 0 Å². The van der Waals surface area contributed by atoms with Crippen molar-refractivity contribution in [2.45, 2.75) is 4.90 Å². The summed E-state index contributed by atoms with van der Waals surface area (Å²) in [6.07, 6.45) is 0. The minimum Gasteiger partial charge on any atom is -0.452 e. The first-order valence-electron chi connectivity index (χ1n) is 8.08. The monoisotopic (exact) mass is 405 g/mol. The number of esters is 1. The molecule has 0 aliphatic heterocycles. The summed E-state index contributed by atoms with van der Waals surface area (Å²) in [5.41, 5.74) is 0.414. The number of urea groups is 1. The minimum absolute atomic E-state index is 0.0460. The third-order valence-corrected chi connectivity index (χ3v) is 5.44. The Kier molecular flexibility index (Phi) is 6.72. The maximum absolute atomic E-state index is 12.8. The normalized spacial score (nSPS) is 10.6. The summed E-state index contributed by atoms with van der Waals surface area (Å²) in [6.45, 7) is -0.687. The van der Waals surface area contributed by atoms with Crippen molar-refractivity contribution in [3.63, 3.8) is 0 Å². The summed E-state index contributed by atoms with van der Waals surface area (Å²) in [4.78, 5) is 34.5. The molecule has 0 saturated carbocycles. The van der Waals surface area contributed by atoms with E-state index in [4.69, 9.17) is 4.74 Å². The molecule has 0 atom stereocenters. The smallest absolute Gasteiger partial charge is 0.338 e. The number of carbonyl (C=O) groups excluding carboxylic acids is 3. The largest absolute Gasteiger partial charge is 0.452 e. The molecule has 0 heterocycles. The van der Waals surface area contributed by atoms with Crippen LogP contribution in [0.25, 0.3) is 0 Å². The van der Waals surface area contributed by atoms with Crippen LogP contribution >= 0.6 is 0 Å². The van der Waals surface area contributed by atoms with Crippen molar-refractivity contribution >= 4 is 33.6 Å². The second kappa shape index (κ2) is 9.00. The zero-order valence-corrected chi connectivity index (χ0v) is 16.0. The molecule has 0 unspecified atom stereocenters. The lowest BCUT2D eigenvalue weighted by Gasteiger charge is -2.19. The fraction of sp³-hybridized carbons (Fsp3) is 0.167. The molecule has 0 spiro atoms. The number of rotatable bonds is 6. The van der Waals surface area contributed by atoms with Crippen LogP contribution in [0.3, 0.4) is 0 Å². The number of amides is 3. The van der Waals surface area contributed by atoms with Gasteiger partial charge in [0.1, 0.15) is 0 Å². The van der Waals surface area contributed by atoms with Crippen LogP contribution < -0.4 is 14.9 Å². The molecule has 0 bridgehead atoms. The van der Waals surface area contributed by atoms with Gasteiger partial charge in [0.2, 0.25) is 0 Å². The van der Waals surface area contributed by atoms with E-state index in [0.29, 0.717) is 5.69 Å².